The average Bonchev–Trinajstić information content (AvgIpc) is 3.44. The van der Waals surface area contributed by atoms with Gasteiger partial charge in [0.2, 0.25) is 5.43 Å². The Kier molecular flexibility index (Phi) is 5.42. The standard InChI is InChI=1S/C32H25F2N3O3/c1-2-35-19-37(36-13-12-28(38)30(29(36)31(35)39)40-18-20-8-4-3-5-9-20)32-23(14-21-10-6-7-11-24(21)32)15-22-16-26(33)27(34)17-25(22)32/h3-14,16-17H,2,15,18-19H2,1H3. The zero-order valence-corrected chi connectivity index (χ0v) is 21.7. The van der Waals surface area contributed by atoms with Gasteiger partial charge in [0.05, 0.1) is 0 Å². The fourth-order valence-electron chi connectivity index (χ4n) is 6.36. The number of hydrogen-bond acceptors (Lipinski definition) is 4. The molecule has 1 amide bonds. The third-order valence-electron chi connectivity index (χ3n) is 8.15. The lowest BCUT2D eigenvalue weighted by atomic mass is 9.83. The predicted molar refractivity (Wildman–Crippen MR) is 147 cm³/mol. The Morgan fingerprint density at radius 1 is 0.925 bits per heavy atom. The van der Waals surface area contributed by atoms with Crippen molar-refractivity contribution in [3.05, 3.63) is 140 Å². The molecule has 4 aromatic rings. The highest BCUT2D eigenvalue weighted by molar-refractivity contribution is 5.96. The highest BCUT2D eigenvalue weighted by atomic mass is 19.2. The summed E-state index contributed by atoms with van der Waals surface area (Å²) in [5.74, 6) is -2.21. The summed E-state index contributed by atoms with van der Waals surface area (Å²) < 4.78 is 37.0. The van der Waals surface area contributed by atoms with Gasteiger partial charge in [0.1, 0.15) is 18.8 Å². The minimum atomic E-state index is -1.02. The summed E-state index contributed by atoms with van der Waals surface area (Å²) in [4.78, 5) is 28.6. The fourth-order valence-corrected chi connectivity index (χ4v) is 6.36. The highest BCUT2D eigenvalue weighted by Gasteiger charge is 2.55. The molecule has 3 aromatic carbocycles. The Labute approximate surface area is 229 Å². The predicted octanol–water partition coefficient (Wildman–Crippen LogP) is 4.97. The van der Waals surface area contributed by atoms with Crippen LogP contribution in [0, 0.1) is 11.6 Å². The maximum Gasteiger partial charge on any atom is 0.277 e. The molecule has 2 aliphatic carbocycles. The number of benzene rings is 3. The molecule has 6 nitrogen and oxygen atoms in total. The Hall–Kier alpha value is -4.72. The van der Waals surface area contributed by atoms with Crippen molar-refractivity contribution in [2.45, 2.75) is 25.5 Å². The minimum absolute atomic E-state index is 0.0452. The van der Waals surface area contributed by atoms with Crippen molar-refractivity contribution in [2.75, 3.05) is 18.2 Å². The van der Waals surface area contributed by atoms with Gasteiger partial charge >= 0.3 is 0 Å². The zero-order chi connectivity index (χ0) is 27.6. The second-order valence-corrected chi connectivity index (χ2v) is 10.2. The monoisotopic (exact) mass is 537 g/mol. The van der Waals surface area contributed by atoms with Gasteiger partial charge < -0.3 is 9.64 Å². The van der Waals surface area contributed by atoms with Crippen LogP contribution < -0.4 is 15.2 Å². The number of ether oxygens (including phenoxy) is 1. The molecular weight excluding hydrogens is 512 g/mol. The van der Waals surface area contributed by atoms with Gasteiger partial charge in [0.15, 0.2) is 23.1 Å². The third kappa shape index (κ3) is 3.31. The SMILES string of the molecule is CCN1CN(C23C(=Cc4ccccc42)Cc2cc(F)c(F)cc23)n2ccc(=O)c(OCc3ccccc3)c2C1=O. The lowest BCUT2D eigenvalue weighted by Crippen LogP contribution is -2.62. The lowest BCUT2D eigenvalue weighted by Gasteiger charge is -2.49. The van der Waals surface area contributed by atoms with E-state index in [1.165, 1.54) is 18.2 Å². The molecular formula is C32H25F2N3O3. The van der Waals surface area contributed by atoms with Gasteiger partial charge in [0.25, 0.3) is 5.91 Å². The van der Waals surface area contributed by atoms with E-state index in [1.807, 2.05) is 66.5 Å². The van der Waals surface area contributed by atoms with Crippen LogP contribution in [-0.2, 0) is 18.6 Å². The van der Waals surface area contributed by atoms with Gasteiger partial charge in [0, 0.05) is 18.8 Å². The van der Waals surface area contributed by atoms with E-state index >= 15 is 0 Å². The first kappa shape index (κ1) is 24.3. The van der Waals surface area contributed by atoms with E-state index in [0.29, 0.717) is 24.1 Å². The summed E-state index contributed by atoms with van der Waals surface area (Å²) in [5, 5.41) is 1.98. The molecule has 8 heteroatoms. The zero-order valence-electron chi connectivity index (χ0n) is 21.7. The summed E-state index contributed by atoms with van der Waals surface area (Å²) >= 11 is 0. The summed E-state index contributed by atoms with van der Waals surface area (Å²) in [7, 11) is 0. The van der Waals surface area contributed by atoms with Crippen LogP contribution in [0.25, 0.3) is 6.08 Å². The molecule has 200 valence electrons. The molecule has 1 aromatic heterocycles. The highest BCUT2D eigenvalue weighted by Crippen LogP contribution is 2.55. The van der Waals surface area contributed by atoms with E-state index in [0.717, 1.165) is 22.3 Å². The first-order valence-corrected chi connectivity index (χ1v) is 13.2. The van der Waals surface area contributed by atoms with Gasteiger partial charge in [-0.2, -0.15) is 0 Å². The Morgan fingerprint density at radius 2 is 1.68 bits per heavy atom. The van der Waals surface area contributed by atoms with Crippen LogP contribution in [0.5, 0.6) is 5.75 Å². The van der Waals surface area contributed by atoms with Crippen molar-refractivity contribution < 1.29 is 18.3 Å². The summed E-state index contributed by atoms with van der Waals surface area (Å²) in [6.45, 7) is 2.51. The number of hydrogen-bond donors (Lipinski definition) is 0. The van der Waals surface area contributed by atoms with Crippen molar-refractivity contribution in [1.29, 1.82) is 0 Å². The number of carbonyl (C=O) groups excluding carboxylic acids is 1. The van der Waals surface area contributed by atoms with Crippen LogP contribution in [0.4, 0.5) is 8.78 Å². The van der Waals surface area contributed by atoms with E-state index in [1.54, 1.807) is 15.8 Å². The van der Waals surface area contributed by atoms with Crippen LogP contribution in [0.2, 0.25) is 0 Å². The number of carbonyl (C=O) groups is 1. The molecule has 1 aliphatic heterocycles. The molecule has 1 atom stereocenters. The first-order valence-electron chi connectivity index (χ1n) is 13.2. The number of pyridine rings is 1. The first-order chi connectivity index (χ1) is 19.4. The van der Waals surface area contributed by atoms with Crippen molar-refractivity contribution >= 4 is 12.0 Å². The van der Waals surface area contributed by atoms with Crippen molar-refractivity contribution in [2.24, 2.45) is 0 Å². The van der Waals surface area contributed by atoms with Crippen molar-refractivity contribution in [1.82, 2.24) is 9.58 Å². The summed E-state index contributed by atoms with van der Waals surface area (Å²) in [6, 6.07) is 21.2. The van der Waals surface area contributed by atoms with Gasteiger partial charge in [-0.05, 0) is 58.9 Å². The van der Waals surface area contributed by atoms with Crippen molar-refractivity contribution in [3.8, 4) is 5.75 Å². The topological polar surface area (TPSA) is 54.8 Å². The number of fused-ring (bicyclic) bond motifs is 6. The Balaban J connectivity index is 1.47. The van der Waals surface area contributed by atoms with Gasteiger partial charge in [-0.1, -0.05) is 60.7 Å². The maximum absolute atomic E-state index is 14.9. The molecule has 2 heterocycles. The molecule has 1 unspecified atom stereocenters. The molecule has 0 spiro atoms. The molecule has 0 N–H and O–H groups in total. The second kappa shape index (κ2) is 8.91. The number of amides is 1. The van der Waals surface area contributed by atoms with E-state index in [4.69, 9.17) is 4.74 Å². The fraction of sp³-hybridized carbons (Fsp3) is 0.188. The maximum atomic E-state index is 14.9. The Morgan fingerprint density at radius 3 is 2.48 bits per heavy atom. The number of rotatable bonds is 5. The van der Waals surface area contributed by atoms with Gasteiger partial charge in [-0.25, -0.2) is 8.78 Å². The van der Waals surface area contributed by atoms with Crippen LogP contribution in [0.3, 0.4) is 0 Å². The van der Waals surface area contributed by atoms with Crippen LogP contribution in [0.15, 0.2) is 89.4 Å². The van der Waals surface area contributed by atoms with E-state index in [9.17, 15) is 18.4 Å². The van der Waals surface area contributed by atoms with E-state index in [-0.39, 0.29) is 30.6 Å². The van der Waals surface area contributed by atoms with Crippen LogP contribution in [0.1, 0.15) is 45.2 Å². The number of aromatic nitrogens is 1. The van der Waals surface area contributed by atoms with Crippen molar-refractivity contribution in [3.63, 3.8) is 0 Å². The Bertz CT molecular complexity index is 1780. The quantitative estimate of drug-likeness (QED) is 0.361. The number of nitrogens with zero attached hydrogens (tertiary/aromatic N) is 3. The molecule has 40 heavy (non-hydrogen) atoms. The smallest absolute Gasteiger partial charge is 0.277 e. The molecule has 0 fully saturated rings. The summed E-state index contributed by atoms with van der Waals surface area (Å²) in [6.07, 6.45) is 4.06. The van der Waals surface area contributed by atoms with Crippen LogP contribution in [-0.4, -0.2) is 28.7 Å². The van der Waals surface area contributed by atoms with Gasteiger partial charge in [-0.15, -0.1) is 0 Å². The van der Waals surface area contributed by atoms with Gasteiger partial charge in [-0.3, -0.25) is 19.3 Å². The molecule has 0 saturated carbocycles. The molecule has 0 bridgehead atoms. The third-order valence-corrected chi connectivity index (χ3v) is 8.15. The summed E-state index contributed by atoms with van der Waals surface area (Å²) in [5.41, 5.74) is 3.64. The second-order valence-electron chi connectivity index (χ2n) is 10.2. The largest absolute Gasteiger partial charge is 0.482 e. The molecule has 7 rings (SSSR count). The normalized spacial score (nSPS) is 18.7. The van der Waals surface area contributed by atoms with E-state index in [2.05, 4.69) is 6.08 Å². The molecule has 3 aliphatic rings. The molecule has 0 saturated heterocycles. The lowest BCUT2D eigenvalue weighted by molar-refractivity contribution is 0.0675. The average molecular weight is 538 g/mol. The minimum Gasteiger partial charge on any atom is -0.482 e. The van der Waals surface area contributed by atoms with Crippen LogP contribution >= 0.6 is 0 Å². The van der Waals surface area contributed by atoms with E-state index < -0.39 is 22.6 Å². The number of halogens is 2. The molecule has 0 radical (unpaired) electrons.